The van der Waals surface area contributed by atoms with E-state index in [1.54, 1.807) is 24.2 Å². The number of nitrogens with zero attached hydrogens (tertiary/aromatic N) is 2. The largest absolute Gasteiger partial charge is 0.316 e. The molecule has 0 unspecified atom stereocenters. The molecule has 0 aliphatic heterocycles. The minimum absolute atomic E-state index is 0.816. The van der Waals surface area contributed by atoms with E-state index in [4.69, 9.17) is 0 Å². The van der Waals surface area contributed by atoms with E-state index in [1.165, 1.54) is 12.8 Å². The summed E-state index contributed by atoms with van der Waals surface area (Å²) in [5, 5.41) is 4.45. The molecule has 0 atom stereocenters. The molecule has 0 aliphatic carbocycles. The Balaban J connectivity index is 1.93. The molecule has 90 valence electrons. The molecule has 1 N–H and O–H groups in total. The minimum atomic E-state index is 0.816. The SMILES string of the molecule is CC(C)CCCNCCSc1cnccn1. The molecule has 0 fully saturated rings. The summed E-state index contributed by atoms with van der Waals surface area (Å²) in [4.78, 5) is 8.24. The van der Waals surface area contributed by atoms with Gasteiger partial charge < -0.3 is 5.32 Å². The van der Waals surface area contributed by atoms with Crippen molar-refractivity contribution in [3.8, 4) is 0 Å². The zero-order valence-electron chi connectivity index (χ0n) is 10.1. The van der Waals surface area contributed by atoms with Crippen LogP contribution in [0.25, 0.3) is 0 Å². The third kappa shape index (κ3) is 6.80. The Hall–Kier alpha value is -0.610. The van der Waals surface area contributed by atoms with Crippen LogP contribution in [-0.4, -0.2) is 28.8 Å². The predicted octanol–water partition coefficient (Wildman–Crippen LogP) is 2.59. The van der Waals surface area contributed by atoms with Gasteiger partial charge in [0.1, 0.15) is 5.03 Å². The molecule has 4 heteroatoms. The molecule has 0 saturated carbocycles. The molecule has 0 radical (unpaired) electrons. The van der Waals surface area contributed by atoms with E-state index in [0.717, 1.165) is 29.8 Å². The average Bonchev–Trinajstić information content (AvgIpc) is 2.29. The van der Waals surface area contributed by atoms with E-state index in [2.05, 4.69) is 29.1 Å². The molecule has 1 rings (SSSR count). The van der Waals surface area contributed by atoms with Gasteiger partial charge in [-0.05, 0) is 25.3 Å². The Labute approximate surface area is 102 Å². The Morgan fingerprint density at radius 2 is 2.19 bits per heavy atom. The number of hydrogen-bond acceptors (Lipinski definition) is 4. The van der Waals surface area contributed by atoms with Crippen LogP contribution in [0.4, 0.5) is 0 Å². The lowest BCUT2D eigenvalue weighted by Gasteiger charge is -2.06. The van der Waals surface area contributed by atoms with Gasteiger partial charge in [0.2, 0.25) is 0 Å². The first-order valence-corrected chi connectivity index (χ1v) is 6.87. The molecule has 0 aromatic carbocycles. The topological polar surface area (TPSA) is 37.8 Å². The molecule has 1 aromatic rings. The molecule has 1 heterocycles. The highest BCUT2D eigenvalue weighted by Gasteiger charge is 1.95. The molecule has 1 aromatic heterocycles. The third-order valence-corrected chi connectivity index (χ3v) is 3.12. The maximum absolute atomic E-state index is 4.21. The summed E-state index contributed by atoms with van der Waals surface area (Å²) in [5.74, 6) is 1.87. The van der Waals surface area contributed by atoms with E-state index >= 15 is 0 Å². The van der Waals surface area contributed by atoms with Crippen LogP contribution in [0.15, 0.2) is 23.6 Å². The second-order valence-electron chi connectivity index (χ2n) is 4.18. The van der Waals surface area contributed by atoms with E-state index in [1.807, 2.05) is 6.20 Å². The van der Waals surface area contributed by atoms with Crippen molar-refractivity contribution in [2.75, 3.05) is 18.8 Å². The molecule has 3 nitrogen and oxygen atoms in total. The highest BCUT2D eigenvalue weighted by Crippen LogP contribution is 2.11. The van der Waals surface area contributed by atoms with Gasteiger partial charge in [-0.3, -0.25) is 4.98 Å². The molecule has 0 amide bonds. The fourth-order valence-corrected chi connectivity index (χ4v) is 2.07. The molecule has 0 saturated heterocycles. The van der Waals surface area contributed by atoms with Gasteiger partial charge in [-0.1, -0.05) is 13.8 Å². The lowest BCUT2D eigenvalue weighted by atomic mass is 10.1. The van der Waals surface area contributed by atoms with Gasteiger partial charge in [0.05, 0.1) is 6.20 Å². The number of hydrogen-bond donors (Lipinski definition) is 1. The van der Waals surface area contributed by atoms with Crippen molar-refractivity contribution in [2.45, 2.75) is 31.7 Å². The Morgan fingerprint density at radius 1 is 1.31 bits per heavy atom. The van der Waals surface area contributed by atoms with E-state index in [0.29, 0.717) is 0 Å². The van der Waals surface area contributed by atoms with Crippen LogP contribution in [0.5, 0.6) is 0 Å². The second-order valence-corrected chi connectivity index (χ2v) is 5.29. The van der Waals surface area contributed by atoms with Crippen molar-refractivity contribution >= 4 is 11.8 Å². The van der Waals surface area contributed by atoms with Crippen LogP contribution in [0, 0.1) is 5.92 Å². The highest BCUT2D eigenvalue weighted by molar-refractivity contribution is 7.99. The van der Waals surface area contributed by atoms with Gasteiger partial charge in [-0.2, -0.15) is 0 Å². The standard InChI is InChI=1S/C12H21N3S/c1-11(2)4-3-5-13-8-9-16-12-10-14-6-7-15-12/h6-7,10-11,13H,3-5,8-9H2,1-2H3. The minimum Gasteiger partial charge on any atom is -0.316 e. The third-order valence-electron chi connectivity index (χ3n) is 2.20. The summed E-state index contributed by atoms with van der Waals surface area (Å²) in [6.45, 7) is 6.70. The zero-order chi connectivity index (χ0) is 11.6. The summed E-state index contributed by atoms with van der Waals surface area (Å²) in [6.07, 6.45) is 7.83. The van der Waals surface area contributed by atoms with Crippen molar-refractivity contribution in [3.05, 3.63) is 18.6 Å². The average molecular weight is 239 g/mol. The summed E-state index contributed by atoms with van der Waals surface area (Å²) in [7, 11) is 0. The summed E-state index contributed by atoms with van der Waals surface area (Å²) >= 11 is 1.75. The van der Waals surface area contributed by atoms with Gasteiger partial charge in [0.15, 0.2) is 0 Å². The number of rotatable bonds is 8. The first kappa shape index (κ1) is 13.5. The van der Waals surface area contributed by atoms with Crippen LogP contribution in [0.2, 0.25) is 0 Å². The normalized spacial score (nSPS) is 10.9. The fourth-order valence-electron chi connectivity index (χ4n) is 1.35. The summed E-state index contributed by atoms with van der Waals surface area (Å²) in [5.41, 5.74) is 0. The van der Waals surface area contributed by atoms with Crippen LogP contribution in [-0.2, 0) is 0 Å². The Morgan fingerprint density at radius 3 is 2.88 bits per heavy atom. The van der Waals surface area contributed by atoms with Crippen LogP contribution >= 0.6 is 11.8 Å². The molecule has 0 spiro atoms. The monoisotopic (exact) mass is 239 g/mol. The molecular weight excluding hydrogens is 218 g/mol. The molecular formula is C12H21N3S. The van der Waals surface area contributed by atoms with E-state index < -0.39 is 0 Å². The maximum Gasteiger partial charge on any atom is 0.114 e. The van der Waals surface area contributed by atoms with Gasteiger partial charge in [0.25, 0.3) is 0 Å². The van der Waals surface area contributed by atoms with Gasteiger partial charge >= 0.3 is 0 Å². The maximum atomic E-state index is 4.21. The number of aromatic nitrogens is 2. The fraction of sp³-hybridized carbons (Fsp3) is 0.667. The van der Waals surface area contributed by atoms with E-state index in [-0.39, 0.29) is 0 Å². The van der Waals surface area contributed by atoms with E-state index in [9.17, 15) is 0 Å². The first-order valence-electron chi connectivity index (χ1n) is 5.88. The van der Waals surface area contributed by atoms with Crippen molar-refractivity contribution < 1.29 is 0 Å². The van der Waals surface area contributed by atoms with Gasteiger partial charge in [-0.25, -0.2) is 4.98 Å². The molecule has 16 heavy (non-hydrogen) atoms. The van der Waals surface area contributed by atoms with Crippen molar-refractivity contribution in [2.24, 2.45) is 5.92 Å². The highest BCUT2D eigenvalue weighted by atomic mass is 32.2. The Kier molecular flexibility index (Phi) is 7.17. The quantitative estimate of drug-likeness (QED) is 0.559. The lowest BCUT2D eigenvalue weighted by molar-refractivity contribution is 0.534. The van der Waals surface area contributed by atoms with Gasteiger partial charge in [-0.15, -0.1) is 11.8 Å². The predicted molar refractivity (Wildman–Crippen MR) is 69.7 cm³/mol. The first-order chi connectivity index (χ1) is 7.79. The van der Waals surface area contributed by atoms with Crippen molar-refractivity contribution in [1.29, 1.82) is 0 Å². The number of nitrogens with one attached hydrogen (secondary N) is 1. The van der Waals surface area contributed by atoms with Crippen LogP contribution < -0.4 is 5.32 Å². The molecule has 0 bridgehead atoms. The lowest BCUT2D eigenvalue weighted by Crippen LogP contribution is -2.18. The summed E-state index contributed by atoms with van der Waals surface area (Å²) in [6, 6.07) is 0. The van der Waals surface area contributed by atoms with Crippen LogP contribution in [0.1, 0.15) is 26.7 Å². The van der Waals surface area contributed by atoms with Crippen molar-refractivity contribution in [3.63, 3.8) is 0 Å². The molecule has 0 aliphatic rings. The number of thioether (sulfide) groups is 1. The zero-order valence-corrected chi connectivity index (χ0v) is 11.0. The summed E-state index contributed by atoms with van der Waals surface area (Å²) < 4.78 is 0. The second kappa shape index (κ2) is 8.53. The Bertz CT molecular complexity index is 264. The van der Waals surface area contributed by atoms with Crippen molar-refractivity contribution in [1.82, 2.24) is 15.3 Å². The van der Waals surface area contributed by atoms with Gasteiger partial charge in [0, 0.05) is 24.7 Å². The van der Waals surface area contributed by atoms with Crippen LogP contribution in [0.3, 0.4) is 0 Å². The smallest absolute Gasteiger partial charge is 0.114 e.